The van der Waals surface area contributed by atoms with Gasteiger partial charge in [0.15, 0.2) is 0 Å². The van der Waals surface area contributed by atoms with E-state index in [1.165, 1.54) is 12.3 Å². The minimum absolute atomic E-state index is 0.0445. The molecule has 2 N–H and O–H groups in total. The van der Waals surface area contributed by atoms with Gasteiger partial charge in [0, 0.05) is 12.7 Å². The Morgan fingerprint density at radius 1 is 1.56 bits per heavy atom. The number of rotatable bonds is 5. The average molecular weight is 271 g/mol. The topological polar surface area (TPSA) is 79.3 Å². The van der Waals surface area contributed by atoms with Crippen LogP contribution in [0.25, 0.3) is 0 Å². The lowest BCUT2D eigenvalue weighted by Crippen LogP contribution is -2.40. The maximum atomic E-state index is 11.8. The number of carboxylic acid groups (broad SMARTS) is 1. The summed E-state index contributed by atoms with van der Waals surface area (Å²) < 4.78 is 0. The van der Waals surface area contributed by atoms with Gasteiger partial charge in [-0.2, -0.15) is 0 Å². The molecule has 1 rings (SSSR count). The molecule has 6 heteroatoms. The smallest absolute Gasteiger partial charge is 0.311 e. The number of halogens is 1. The largest absolute Gasteiger partial charge is 0.481 e. The highest BCUT2D eigenvalue weighted by Gasteiger charge is 2.31. The monoisotopic (exact) mass is 270 g/mol. The number of nitrogens with zero attached hydrogens (tertiary/aromatic N) is 1. The fourth-order valence-corrected chi connectivity index (χ4v) is 1.48. The summed E-state index contributed by atoms with van der Waals surface area (Å²) in [6, 6.07) is 3.13. The van der Waals surface area contributed by atoms with E-state index in [0.717, 1.165) is 0 Å². The van der Waals surface area contributed by atoms with Crippen molar-refractivity contribution >= 4 is 23.5 Å². The Hall–Kier alpha value is -1.62. The van der Waals surface area contributed by atoms with E-state index >= 15 is 0 Å². The van der Waals surface area contributed by atoms with Gasteiger partial charge in [-0.3, -0.25) is 9.59 Å². The van der Waals surface area contributed by atoms with Crippen molar-refractivity contribution in [2.45, 2.75) is 20.3 Å². The van der Waals surface area contributed by atoms with E-state index in [1.807, 2.05) is 0 Å². The van der Waals surface area contributed by atoms with E-state index < -0.39 is 17.3 Å². The Morgan fingerprint density at radius 2 is 2.22 bits per heavy atom. The molecule has 0 radical (unpaired) electrons. The van der Waals surface area contributed by atoms with Crippen molar-refractivity contribution in [1.82, 2.24) is 10.3 Å². The van der Waals surface area contributed by atoms with E-state index in [0.29, 0.717) is 6.42 Å². The second-order valence-electron chi connectivity index (χ2n) is 4.24. The number of hydrogen-bond acceptors (Lipinski definition) is 3. The Labute approximate surface area is 110 Å². The normalized spacial score (nSPS) is 13.7. The predicted molar refractivity (Wildman–Crippen MR) is 67.6 cm³/mol. The number of amides is 1. The molecule has 0 aliphatic heterocycles. The van der Waals surface area contributed by atoms with Crippen molar-refractivity contribution < 1.29 is 14.7 Å². The van der Waals surface area contributed by atoms with E-state index in [9.17, 15) is 9.59 Å². The van der Waals surface area contributed by atoms with Gasteiger partial charge in [-0.15, -0.1) is 0 Å². The molecule has 0 aromatic carbocycles. The molecular formula is C12H15ClN2O3. The van der Waals surface area contributed by atoms with Crippen LogP contribution >= 0.6 is 11.6 Å². The van der Waals surface area contributed by atoms with Gasteiger partial charge in [0.2, 0.25) is 0 Å². The minimum atomic E-state index is -0.982. The summed E-state index contributed by atoms with van der Waals surface area (Å²) in [5.74, 6) is -1.36. The Kier molecular flexibility index (Phi) is 4.67. The summed E-state index contributed by atoms with van der Waals surface area (Å²) in [4.78, 5) is 26.7. The molecule has 0 bridgehead atoms. The summed E-state index contributed by atoms with van der Waals surface area (Å²) in [6.07, 6.45) is 1.90. The first-order valence-electron chi connectivity index (χ1n) is 5.53. The number of nitrogens with one attached hydrogen (secondary N) is 1. The van der Waals surface area contributed by atoms with Crippen molar-refractivity contribution in [3.05, 3.63) is 29.0 Å². The number of carbonyl (C=O) groups is 2. The highest BCUT2D eigenvalue weighted by atomic mass is 35.5. The molecule has 0 saturated heterocycles. The lowest BCUT2D eigenvalue weighted by atomic mass is 9.87. The summed E-state index contributed by atoms with van der Waals surface area (Å²) >= 11 is 5.78. The third-order valence-electron chi connectivity index (χ3n) is 2.94. The van der Waals surface area contributed by atoms with Crippen molar-refractivity contribution in [2.24, 2.45) is 5.41 Å². The van der Waals surface area contributed by atoms with Crippen LogP contribution in [0, 0.1) is 5.41 Å². The number of aromatic nitrogens is 1. The molecular weight excluding hydrogens is 256 g/mol. The van der Waals surface area contributed by atoms with Gasteiger partial charge in [0.25, 0.3) is 5.91 Å². The van der Waals surface area contributed by atoms with Gasteiger partial charge in [-0.05, 0) is 25.5 Å². The van der Waals surface area contributed by atoms with Crippen molar-refractivity contribution in [3.63, 3.8) is 0 Å². The Morgan fingerprint density at radius 3 is 2.72 bits per heavy atom. The van der Waals surface area contributed by atoms with Crippen LogP contribution in [0.5, 0.6) is 0 Å². The molecule has 1 aromatic heterocycles. The molecule has 1 amide bonds. The molecule has 0 aliphatic carbocycles. The number of carboxylic acids is 1. The van der Waals surface area contributed by atoms with Crippen LogP contribution in [-0.2, 0) is 4.79 Å². The van der Waals surface area contributed by atoms with E-state index in [-0.39, 0.29) is 17.3 Å². The second-order valence-corrected chi connectivity index (χ2v) is 4.60. The van der Waals surface area contributed by atoms with Crippen LogP contribution in [-0.4, -0.2) is 28.5 Å². The molecule has 1 heterocycles. The molecule has 0 spiro atoms. The Bertz CT molecular complexity index is 464. The third-order valence-corrected chi connectivity index (χ3v) is 3.24. The van der Waals surface area contributed by atoms with Crippen molar-refractivity contribution in [2.75, 3.05) is 6.54 Å². The number of carbonyl (C=O) groups excluding carboxylic acids is 1. The zero-order valence-electron chi connectivity index (χ0n) is 10.2. The van der Waals surface area contributed by atoms with Crippen LogP contribution in [0.1, 0.15) is 30.6 Å². The first-order valence-corrected chi connectivity index (χ1v) is 5.90. The molecule has 1 unspecified atom stereocenters. The molecule has 5 nitrogen and oxygen atoms in total. The average Bonchev–Trinajstić information content (AvgIpc) is 2.35. The predicted octanol–water partition coefficient (Wildman–Crippen LogP) is 1.97. The van der Waals surface area contributed by atoms with Crippen LogP contribution < -0.4 is 5.32 Å². The van der Waals surface area contributed by atoms with Gasteiger partial charge >= 0.3 is 5.97 Å². The fraction of sp³-hybridized carbons (Fsp3) is 0.417. The Balaban J connectivity index is 2.73. The zero-order valence-corrected chi connectivity index (χ0v) is 11.0. The van der Waals surface area contributed by atoms with Gasteiger partial charge in [0.1, 0.15) is 5.15 Å². The zero-order chi connectivity index (χ0) is 13.8. The van der Waals surface area contributed by atoms with Crippen LogP contribution in [0.2, 0.25) is 5.15 Å². The lowest BCUT2D eigenvalue weighted by molar-refractivity contribution is -0.147. The van der Waals surface area contributed by atoms with Gasteiger partial charge in [0.05, 0.1) is 11.0 Å². The third kappa shape index (κ3) is 3.20. The quantitative estimate of drug-likeness (QED) is 0.802. The summed E-state index contributed by atoms with van der Waals surface area (Å²) in [5.41, 5.74) is -0.743. The first-order chi connectivity index (χ1) is 8.40. The van der Waals surface area contributed by atoms with Gasteiger partial charge in [-0.1, -0.05) is 18.5 Å². The molecule has 18 heavy (non-hydrogen) atoms. The molecule has 0 aliphatic rings. The molecule has 1 atom stereocenters. The lowest BCUT2D eigenvalue weighted by Gasteiger charge is -2.23. The number of aliphatic carboxylic acids is 1. The second kappa shape index (κ2) is 5.82. The van der Waals surface area contributed by atoms with Crippen LogP contribution in [0.3, 0.4) is 0 Å². The summed E-state index contributed by atoms with van der Waals surface area (Å²) in [6.45, 7) is 3.39. The molecule has 0 saturated carbocycles. The van der Waals surface area contributed by atoms with Crippen molar-refractivity contribution in [1.29, 1.82) is 0 Å². The fourth-order valence-electron chi connectivity index (χ4n) is 1.28. The van der Waals surface area contributed by atoms with Crippen LogP contribution in [0.4, 0.5) is 0 Å². The molecule has 1 aromatic rings. The van der Waals surface area contributed by atoms with E-state index in [1.54, 1.807) is 19.9 Å². The van der Waals surface area contributed by atoms with Gasteiger partial charge in [-0.25, -0.2) is 4.98 Å². The number of pyridine rings is 1. The minimum Gasteiger partial charge on any atom is -0.481 e. The van der Waals surface area contributed by atoms with Crippen molar-refractivity contribution in [3.8, 4) is 0 Å². The van der Waals surface area contributed by atoms with Crippen LogP contribution in [0.15, 0.2) is 18.3 Å². The standard InChI is InChI=1S/C12H15ClN2O3/c1-3-12(2,11(17)18)7-15-10(16)8-5-4-6-14-9(8)13/h4-6H,3,7H2,1-2H3,(H,15,16)(H,17,18). The number of hydrogen-bond donors (Lipinski definition) is 2. The maximum absolute atomic E-state index is 11.8. The highest BCUT2D eigenvalue weighted by Crippen LogP contribution is 2.20. The first kappa shape index (κ1) is 14.4. The summed E-state index contributed by atoms with van der Waals surface area (Å²) in [5, 5.41) is 11.7. The van der Waals surface area contributed by atoms with E-state index in [2.05, 4.69) is 10.3 Å². The van der Waals surface area contributed by atoms with E-state index in [4.69, 9.17) is 16.7 Å². The highest BCUT2D eigenvalue weighted by molar-refractivity contribution is 6.32. The molecule has 0 fully saturated rings. The maximum Gasteiger partial charge on any atom is 0.311 e. The van der Waals surface area contributed by atoms with Gasteiger partial charge < -0.3 is 10.4 Å². The summed E-state index contributed by atoms with van der Waals surface area (Å²) in [7, 11) is 0. The SMILES string of the molecule is CCC(C)(CNC(=O)c1cccnc1Cl)C(=O)O. The molecule has 98 valence electrons.